The molecule has 0 atom stereocenters. The Morgan fingerprint density at radius 3 is 2.70 bits per heavy atom. The zero-order valence-corrected chi connectivity index (χ0v) is 12.6. The maximum Gasteiger partial charge on any atom is 0.359 e. The number of hydrogen-bond donors (Lipinski definition) is 1. The second-order valence-electron chi connectivity index (χ2n) is 5.59. The summed E-state index contributed by atoms with van der Waals surface area (Å²) in [6.45, 7) is 0. The van der Waals surface area contributed by atoms with Crippen LogP contribution in [0, 0.1) is 0 Å². The van der Waals surface area contributed by atoms with Gasteiger partial charge in [-0.2, -0.15) is 0 Å². The molecule has 23 heavy (non-hydrogen) atoms. The van der Waals surface area contributed by atoms with Gasteiger partial charge < -0.3 is 9.73 Å². The number of rotatable bonds is 4. The SMILES string of the molecule is O=C(CCc1ccccc1)Nc1cc2c(oc1=O)CCCC2=O. The van der Waals surface area contributed by atoms with Gasteiger partial charge in [0.25, 0.3) is 0 Å². The molecule has 5 heteroatoms. The number of anilines is 1. The molecule has 3 rings (SSSR count). The lowest BCUT2D eigenvalue weighted by atomic mass is 9.96. The molecular formula is C18H17NO4. The van der Waals surface area contributed by atoms with Gasteiger partial charge in [0.1, 0.15) is 11.4 Å². The van der Waals surface area contributed by atoms with E-state index < -0.39 is 5.63 Å². The van der Waals surface area contributed by atoms with E-state index in [9.17, 15) is 14.4 Å². The van der Waals surface area contributed by atoms with Gasteiger partial charge in [-0.1, -0.05) is 30.3 Å². The number of carbonyl (C=O) groups is 2. The smallest absolute Gasteiger partial charge is 0.359 e. The summed E-state index contributed by atoms with van der Waals surface area (Å²) in [5.41, 5.74) is 0.896. The monoisotopic (exact) mass is 311 g/mol. The zero-order chi connectivity index (χ0) is 16.2. The Bertz CT molecular complexity index is 792. The highest BCUT2D eigenvalue weighted by atomic mass is 16.4. The van der Waals surface area contributed by atoms with Crippen molar-refractivity contribution in [3.63, 3.8) is 0 Å². The summed E-state index contributed by atoms with van der Waals surface area (Å²) in [6.07, 6.45) is 2.56. The van der Waals surface area contributed by atoms with Gasteiger partial charge in [0.15, 0.2) is 5.78 Å². The largest absolute Gasteiger partial charge is 0.426 e. The highest BCUT2D eigenvalue weighted by molar-refractivity contribution is 5.99. The van der Waals surface area contributed by atoms with Crippen LogP contribution < -0.4 is 10.9 Å². The molecule has 5 nitrogen and oxygen atoms in total. The topological polar surface area (TPSA) is 76.4 Å². The lowest BCUT2D eigenvalue weighted by Gasteiger charge is -2.13. The van der Waals surface area contributed by atoms with Gasteiger partial charge in [0.2, 0.25) is 5.91 Å². The minimum atomic E-state index is -0.605. The van der Waals surface area contributed by atoms with Crippen LogP contribution in [0.4, 0.5) is 5.69 Å². The van der Waals surface area contributed by atoms with E-state index in [0.29, 0.717) is 37.0 Å². The van der Waals surface area contributed by atoms with E-state index in [2.05, 4.69) is 5.32 Å². The van der Waals surface area contributed by atoms with Gasteiger partial charge in [-0.05, 0) is 24.5 Å². The predicted octanol–water partition coefficient (Wildman–Crippen LogP) is 2.73. The molecule has 2 aromatic rings. The van der Waals surface area contributed by atoms with Gasteiger partial charge in [-0.25, -0.2) is 4.79 Å². The van der Waals surface area contributed by atoms with Gasteiger partial charge >= 0.3 is 5.63 Å². The predicted molar refractivity (Wildman–Crippen MR) is 85.6 cm³/mol. The molecule has 0 saturated carbocycles. The fourth-order valence-electron chi connectivity index (χ4n) is 2.67. The Kier molecular flexibility index (Phi) is 4.37. The van der Waals surface area contributed by atoms with Crippen molar-refractivity contribution in [1.29, 1.82) is 0 Å². The van der Waals surface area contributed by atoms with Gasteiger partial charge in [0, 0.05) is 19.3 Å². The summed E-state index contributed by atoms with van der Waals surface area (Å²) in [5.74, 6) is 0.104. The number of benzene rings is 1. The van der Waals surface area contributed by atoms with Crippen LogP contribution in [0.5, 0.6) is 0 Å². The van der Waals surface area contributed by atoms with Crippen molar-refractivity contribution in [2.45, 2.75) is 32.1 Å². The number of nitrogens with one attached hydrogen (secondary N) is 1. The lowest BCUT2D eigenvalue weighted by Crippen LogP contribution is -2.21. The molecular weight excluding hydrogens is 294 g/mol. The average molecular weight is 311 g/mol. The summed E-state index contributed by atoms with van der Waals surface area (Å²) >= 11 is 0. The highest BCUT2D eigenvalue weighted by Crippen LogP contribution is 2.22. The van der Waals surface area contributed by atoms with Crippen molar-refractivity contribution in [1.82, 2.24) is 0 Å². The summed E-state index contributed by atoms with van der Waals surface area (Å²) in [7, 11) is 0. The summed E-state index contributed by atoms with van der Waals surface area (Å²) in [5, 5.41) is 2.55. The van der Waals surface area contributed by atoms with Crippen molar-refractivity contribution < 1.29 is 14.0 Å². The Morgan fingerprint density at radius 2 is 1.91 bits per heavy atom. The first kappa shape index (κ1) is 15.2. The van der Waals surface area contributed by atoms with Crippen LogP contribution in [-0.2, 0) is 17.6 Å². The summed E-state index contributed by atoms with van der Waals surface area (Å²) < 4.78 is 5.17. The molecule has 1 amide bonds. The van der Waals surface area contributed by atoms with E-state index in [4.69, 9.17) is 4.42 Å². The van der Waals surface area contributed by atoms with Gasteiger partial charge in [0.05, 0.1) is 5.56 Å². The Hall–Kier alpha value is -2.69. The lowest BCUT2D eigenvalue weighted by molar-refractivity contribution is -0.116. The second kappa shape index (κ2) is 6.60. The first-order valence-electron chi connectivity index (χ1n) is 7.67. The van der Waals surface area contributed by atoms with Crippen LogP contribution >= 0.6 is 0 Å². The second-order valence-corrected chi connectivity index (χ2v) is 5.59. The number of amides is 1. The third-order valence-corrected chi connectivity index (χ3v) is 3.89. The highest BCUT2D eigenvalue weighted by Gasteiger charge is 2.22. The molecule has 1 aromatic heterocycles. The molecule has 0 fully saturated rings. The van der Waals surface area contributed by atoms with Gasteiger partial charge in [-0.15, -0.1) is 0 Å². The fraction of sp³-hybridized carbons (Fsp3) is 0.278. The van der Waals surface area contributed by atoms with Crippen molar-refractivity contribution in [3.8, 4) is 0 Å². The summed E-state index contributed by atoms with van der Waals surface area (Å²) in [4.78, 5) is 35.8. The van der Waals surface area contributed by atoms with E-state index in [0.717, 1.165) is 5.56 Å². The molecule has 1 N–H and O–H groups in total. The van der Waals surface area contributed by atoms with E-state index in [1.54, 1.807) is 0 Å². The standard InChI is InChI=1S/C18H17NO4/c20-15-7-4-8-16-13(15)11-14(18(22)23-16)19-17(21)10-9-12-5-2-1-3-6-12/h1-3,5-6,11H,4,7-10H2,(H,19,21). The fourth-order valence-corrected chi connectivity index (χ4v) is 2.67. The van der Waals surface area contributed by atoms with Crippen LogP contribution in [0.2, 0.25) is 0 Å². The minimum Gasteiger partial charge on any atom is -0.426 e. The first-order chi connectivity index (χ1) is 11.1. The van der Waals surface area contributed by atoms with Crippen LogP contribution in [-0.4, -0.2) is 11.7 Å². The molecule has 118 valence electrons. The van der Waals surface area contributed by atoms with E-state index in [-0.39, 0.29) is 23.8 Å². The quantitative estimate of drug-likeness (QED) is 0.942. The molecule has 1 aliphatic carbocycles. The summed E-state index contributed by atoms with van der Waals surface area (Å²) in [6, 6.07) is 11.1. The van der Waals surface area contributed by atoms with E-state index >= 15 is 0 Å². The first-order valence-corrected chi connectivity index (χ1v) is 7.67. The Morgan fingerprint density at radius 1 is 1.13 bits per heavy atom. The maximum absolute atomic E-state index is 12.0. The molecule has 0 bridgehead atoms. The van der Waals surface area contributed by atoms with Crippen molar-refractivity contribution >= 4 is 17.4 Å². The molecule has 0 aliphatic heterocycles. The Balaban J connectivity index is 1.70. The van der Waals surface area contributed by atoms with Crippen LogP contribution in [0.3, 0.4) is 0 Å². The molecule has 1 aliphatic rings. The maximum atomic E-state index is 12.0. The molecule has 0 unspecified atom stereocenters. The van der Waals surface area contributed by atoms with Gasteiger partial charge in [-0.3, -0.25) is 9.59 Å². The Labute approximate surface area is 133 Å². The minimum absolute atomic E-state index is 0.0389. The molecule has 1 heterocycles. The third kappa shape index (κ3) is 3.56. The molecule has 0 saturated heterocycles. The number of aryl methyl sites for hydroxylation is 2. The molecule has 0 spiro atoms. The zero-order valence-electron chi connectivity index (χ0n) is 12.6. The van der Waals surface area contributed by atoms with E-state index in [1.807, 2.05) is 30.3 Å². The van der Waals surface area contributed by atoms with E-state index in [1.165, 1.54) is 6.07 Å². The number of fused-ring (bicyclic) bond motifs is 1. The van der Waals surface area contributed by atoms with Crippen molar-refractivity contribution in [3.05, 3.63) is 63.7 Å². The van der Waals surface area contributed by atoms with Crippen LogP contribution in [0.15, 0.2) is 45.6 Å². The number of hydrogen-bond acceptors (Lipinski definition) is 4. The molecule has 1 aromatic carbocycles. The number of ketones is 1. The average Bonchev–Trinajstić information content (AvgIpc) is 2.55. The third-order valence-electron chi connectivity index (χ3n) is 3.89. The number of Topliss-reactive ketones (excluding diaryl/α,β-unsaturated/α-hetero) is 1. The van der Waals surface area contributed by atoms with Crippen molar-refractivity contribution in [2.75, 3.05) is 5.32 Å². The van der Waals surface area contributed by atoms with Crippen LogP contribution in [0.25, 0.3) is 0 Å². The van der Waals surface area contributed by atoms with Crippen LogP contribution in [0.1, 0.15) is 40.9 Å². The molecule has 0 radical (unpaired) electrons. The number of carbonyl (C=O) groups excluding carboxylic acids is 2. The van der Waals surface area contributed by atoms with Crippen molar-refractivity contribution in [2.24, 2.45) is 0 Å². The normalized spacial score (nSPS) is 13.5.